The van der Waals surface area contributed by atoms with E-state index < -0.39 is 0 Å². The molecule has 0 spiro atoms. The number of anilines is 2. The highest BCUT2D eigenvalue weighted by atomic mass is 16.5. The van der Waals surface area contributed by atoms with Crippen molar-refractivity contribution in [2.45, 2.75) is 26.2 Å². The molecule has 0 radical (unpaired) electrons. The molecule has 0 bridgehead atoms. The molecule has 156 valence electrons. The predicted octanol–water partition coefficient (Wildman–Crippen LogP) is 4.16. The molecule has 1 aliphatic heterocycles. The van der Waals surface area contributed by atoms with Crippen LogP contribution in [0, 0.1) is 5.92 Å². The number of hydrogen-bond donors (Lipinski definition) is 1. The minimum Gasteiger partial charge on any atom is -0.497 e. The first-order valence-corrected chi connectivity index (χ1v) is 10.3. The maximum Gasteiger partial charge on any atom is 0.324 e. The maximum atomic E-state index is 12.8. The second kappa shape index (κ2) is 8.98. The van der Waals surface area contributed by atoms with Gasteiger partial charge >= 0.3 is 6.01 Å². The van der Waals surface area contributed by atoms with Crippen LogP contribution in [-0.2, 0) is 11.2 Å². The molecule has 1 aromatic heterocycles. The van der Waals surface area contributed by atoms with Gasteiger partial charge in [-0.1, -0.05) is 24.2 Å². The van der Waals surface area contributed by atoms with E-state index in [1.54, 1.807) is 7.11 Å². The average Bonchev–Trinajstić information content (AvgIpc) is 3.30. The van der Waals surface area contributed by atoms with Gasteiger partial charge in [-0.3, -0.25) is 4.79 Å². The van der Waals surface area contributed by atoms with Gasteiger partial charge in [0.05, 0.1) is 13.0 Å². The second-order valence-electron chi connectivity index (χ2n) is 7.46. The highest BCUT2D eigenvalue weighted by Gasteiger charge is 2.28. The number of piperidine rings is 1. The van der Waals surface area contributed by atoms with Crippen LogP contribution in [0.1, 0.15) is 25.3 Å². The van der Waals surface area contributed by atoms with Crippen molar-refractivity contribution in [3.8, 4) is 17.1 Å². The first-order valence-electron chi connectivity index (χ1n) is 10.3. The van der Waals surface area contributed by atoms with E-state index in [0.717, 1.165) is 42.8 Å². The van der Waals surface area contributed by atoms with Crippen LogP contribution >= 0.6 is 0 Å². The van der Waals surface area contributed by atoms with E-state index in [1.807, 2.05) is 47.4 Å². The van der Waals surface area contributed by atoms with E-state index in [1.165, 1.54) is 5.56 Å². The molecule has 1 saturated heterocycles. The Balaban J connectivity index is 1.42. The first kappa shape index (κ1) is 19.9. The summed E-state index contributed by atoms with van der Waals surface area (Å²) >= 11 is 0. The lowest BCUT2D eigenvalue weighted by atomic mass is 9.97. The summed E-state index contributed by atoms with van der Waals surface area (Å²) in [6.45, 7) is 3.45. The molecule has 1 atom stereocenters. The molecule has 3 aromatic rings. The first-order chi connectivity index (χ1) is 14.7. The number of aromatic nitrogens is 2. The number of carbonyl (C=O) groups is 1. The van der Waals surface area contributed by atoms with Crippen LogP contribution in [0.3, 0.4) is 0 Å². The van der Waals surface area contributed by atoms with Crippen LogP contribution < -0.4 is 15.0 Å². The summed E-state index contributed by atoms with van der Waals surface area (Å²) in [5.74, 6) is 1.20. The number of rotatable bonds is 6. The molecule has 7 heteroatoms. The van der Waals surface area contributed by atoms with E-state index in [9.17, 15) is 4.79 Å². The minimum atomic E-state index is -0.125. The number of ether oxygens (including phenoxy) is 1. The van der Waals surface area contributed by atoms with Crippen LogP contribution in [0.15, 0.2) is 53.1 Å². The molecule has 1 fully saturated rings. The van der Waals surface area contributed by atoms with E-state index in [0.29, 0.717) is 18.4 Å². The second-order valence-corrected chi connectivity index (χ2v) is 7.46. The zero-order chi connectivity index (χ0) is 20.9. The summed E-state index contributed by atoms with van der Waals surface area (Å²) in [6.07, 6.45) is 2.68. The third-order valence-corrected chi connectivity index (χ3v) is 5.43. The van der Waals surface area contributed by atoms with Crippen LogP contribution in [0.5, 0.6) is 5.75 Å². The molecule has 7 nitrogen and oxygen atoms in total. The molecule has 0 aliphatic carbocycles. The summed E-state index contributed by atoms with van der Waals surface area (Å²) in [7, 11) is 1.63. The minimum absolute atomic E-state index is 0.0304. The Labute approximate surface area is 176 Å². The summed E-state index contributed by atoms with van der Waals surface area (Å²) in [4.78, 5) is 19.3. The fourth-order valence-corrected chi connectivity index (χ4v) is 3.68. The van der Waals surface area contributed by atoms with Crippen molar-refractivity contribution in [3.63, 3.8) is 0 Å². The Hall–Kier alpha value is -3.35. The Morgan fingerprint density at radius 1 is 1.27 bits per heavy atom. The van der Waals surface area contributed by atoms with Gasteiger partial charge in [0.2, 0.25) is 11.7 Å². The summed E-state index contributed by atoms with van der Waals surface area (Å²) in [5, 5.41) is 7.16. The average molecular weight is 406 g/mol. The molecule has 0 unspecified atom stereocenters. The van der Waals surface area contributed by atoms with Gasteiger partial charge in [-0.15, -0.1) is 0 Å². The number of amides is 1. The summed E-state index contributed by atoms with van der Waals surface area (Å²) in [6, 6.07) is 15.9. The highest BCUT2D eigenvalue weighted by molar-refractivity contribution is 5.93. The predicted molar refractivity (Wildman–Crippen MR) is 116 cm³/mol. The van der Waals surface area contributed by atoms with E-state index in [2.05, 4.69) is 28.4 Å². The Kier molecular flexibility index (Phi) is 5.97. The lowest BCUT2D eigenvalue weighted by Crippen LogP contribution is -2.41. The van der Waals surface area contributed by atoms with Gasteiger partial charge in [0, 0.05) is 24.3 Å². The fourth-order valence-electron chi connectivity index (χ4n) is 3.68. The molecular weight excluding hydrogens is 380 g/mol. The van der Waals surface area contributed by atoms with Crippen LogP contribution in [0.25, 0.3) is 11.4 Å². The molecule has 0 saturated carbocycles. The van der Waals surface area contributed by atoms with Gasteiger partial charge in [0.15, 0.2) is 0 Å². The van der Waals surface area contributed by atoms with Crippen molar-refractivity contribution in [3.05, 3.63) is 54.1 Å². The van der Waals surface area contributed by atoms with E-state index >= 15 is 0 Å². The Morgan fingerprint density at radius 2 is 2.10 bits per heavy atom. The number of hydrogen-bond acceptors (Lipinski definition) is 6. The number of nitrogens with zero attached hydrogens (tertiary/aromatic N) is 3. The molecular formula is C23H26N4O3. The largest absolute Gasteiger partial charge is 0.497 e. The van der Waals surface area contributed by atoms with Crippen molar-refractivity contribution in [1.29, 1.82) is 0 Å². The Morgan fingerprint density at radius 3 is 2.87 bits per heavy atom. The maximum absolute atomic E-state index is 12.8. The van der Waals surface area contributed by atoms with Crippen LogP contribution in [0.2, 0.25) is 0 Å². The quantitative estimate of drug-likeness (QED) is 0.662. The zero-order valence-corrected chi connectivity index (χ0v) is 17.3. The van der Waals surface area contributed by atoms with Crippen LogP contribution in [0.4, 0.5) is 11.7 Å². The van der Waals surface area contributed by atoms with Crippen molar-refractivity contribution in [1.82, 2.24) is 10.1 Å². The van der Waals surface area contributed by atoms with Crippen molar-refractivity contribution < 1.29 is 14.1 Å². The number of benzene rings is 2. The zero-order valence-electron chi connectivity index (χ0n) is 17.3. The third kappa shape index (κ3) is 4.45. The number of carbonyl (C=O) groups excluding carboxylic acids is 1. The monoisotopic (exact) mass is 406 g/mol. The molecule has 1 aliphatic rings. The van der Waals surface area contributed by atoms with Crippen molar-refractivity contribution in [2.24, 2.45) is 5.92 Å². The Bertz CT molecular complexity index is 1000. The fraction of sp³-hybridized carbons (Fsp3) is 0.348. The van der Waals surface area contributed by atoms with E-state index in [-0.39, 0.29) is 11.8 Å². The van der Waals surface area contributed by atoms with Crippen molar-refractivity contribution >= 4 is 17.6 Å². The summed E-state index contributed by atoms with van der Waals surface area (Å²) in [5.41, 5.74) is 2.90. The number of nitrogens with one attached hydrogen (secondary N) is 1. The molecule has 1 N–H and O–H groups in total. The topological polar surface area (TPSA) is 80.5 Å². The normalized spacial score (nSPS) is 16.3. The van der Waals surface area contributed by atoms with Crippen molar-refractivity contribution in [2.75, 3.05) is 30.4 Å². The lowest BCUT2D eigenvalue weighted by Gasteiger charge is -2.30. The molecule has 1 amide bonds. The highest BCUT2D eigenvalue weighted by Crippen LogP contribution is 2.26. The molecule has 2 aromatic carbocycles. The van der Waals surface area contributed by atoms with Gasteiger partial charge in [0.1, 0.15) is 5.75 Å². The summed E-state index contributed by atoms with van der Waals surface area (Å²) < 4.78 is 10.7. The number of aryl methyl sites for hydroxylation is 1. The van der Waals surface area contributed by atoms with Gasteiger partial charge in [-0.25, -0.2) is 0 Å². The van der Waals surface area contributed by atoms with E-state index in [4.69, 9.17) is 9.26 Å². The molecule has 30 heavy (non-hydrogen) atoms. The SMILES string of the molecule is CCc1cccc(NC(=O)[C@H]2CCCN(c3nc(-c4ccc(OC)cc4)no3)C2)c1. The van der Waals surface area contributed by atoms with Gasteiger partial charge < -0.3 is 19.5 Å². The smallest absolute Gasteiger partial charge is 0.324 e. The molecule has 4 rings (SSSR count). The number of methoxy groups -OCH3 is 1. The standard InChI is InChI=1S/C23H26N4O3/c1-3-16-6-4-8-19(14-16)24-22(28)18-7-5-13-27(15-18)23-25-21(26-30-23)17-9-11-20(29-2)12-10-17/h4,6,8-12,14,18H,3,5,7,13,15H2,1-2H3,(H,24,28)/t18-/m0/s1. The van der Waals surface area contributed by atoms with Gasteiger partial charge in [-0.05, 0) is 61.2 Å². The van der Waals surface area contributed by atoms with Gasteiger partial charge in [-0.2, -0.15) is 4.98 Å². The van der Waals surface area contributed by atoms with Crippen LogP contribution in [-0.4, -0.2) is 36.2 Å². The molecule has 2 heterocycles. The third-order valence-electron chi connectivity index (χ3n) is 5.43. The lowest BCUT2D eigenvalue weighted by molar-refractivity contribution is -0.120. The van der Waals surface area contributed by atoms with Gasteiger partial charge in [0.25, 0.3) is 0 Å².